The van der Waals surface area contributed by atoms with Crippen LogP contribution in [0.5, 0.6) is 5.75 Å². The SMILES string of the molecule is O=C(COc1cccc(Cl)c1)Nc1cc(S(=O)(=O)N2CCOCC2)ccc1N1CCOCC1. The fourth-order valence-electron chi connectivity index (χ4n) is 3.68. The standard InChI is InChI=1S/C22H26ClN3O6S/c23-17-2-1-3-18(14-17)32-16-22(27)24-20-15-19(33(28,29)26-8-12-31-13-9-26)4-5-21(20)25-6-10-30-11-7-25/h1-5,14-15H,6-13,16H2,(H,24,27). The smallest absolute Gasteiger partial charge is 0.262 e. The second-order valence-corrected chi connectivity index (χ2v) is 9.96. The molecular formula is C22H26ClN3O6S. The molecule has 1 N–H and O–H groups in total. The molecular weight excluding hydrogens is 470 g/mol. The van der Waals surface area contributed by atoms with E-state index in [9.17, 15) is 13.2 Å². The van der Waals surface area contributed by atoms with Gasteiger partial charge in [-0.15, -0.1) is 0 Å². The number of ether oxygens (including phenoxy) is 3. The van der Waals surface area contributed by atoms with Crippen LogP contribution in [0.1, 0.15) is 0 Å². The molecule has 2 saturated heterocycles. The lowest BCUT2D eigenvalue weighted by atomic mass is 10.2. The van der Waals surface area contributed by atoms with Crippen molar-refractivity contribution in [2.24, 2.45) is 0 Å². The molecule has 2 aromatic rings. The van der Waals surface area contributed by atoms with Crippen LogP contribution in [-0.4, -0.2) is 77.8 Å². The van der Waals surface area contributed by atoms with Crippen molar-refractivity contribution in [3.63, 3.8) is 0 Å². The van der Waals surface area contributed by atoms with Gasteiger partial charge in [-0.1, -0.05) is 17.7 Å². The van der Waals surface area contributed by atoms with Crippen molar-refractivity contribution in [2.75, 3.05) is 69.4 Å². The van der Waals surface area contributed by atoms with Gasteiger partial charge in [-0.3, -0.25) is 4.79 Å². The van der Waals surface area contributed by atoms with Gasteiger partial charge in [-0.25, -0.2) is 8.42 Å². The van der Waals surface area contributed by atoms with Crippen LogP contribution in [0.2, 0.25) is 5.02 Å². The van der Waals surface area contributed by atoms with Gasteiger partial charge in [0, 0.05) is 31.2 Å². The zero-order valence-electron chi connectivity index (χ0n) is 18.0. The Morgan fingerprint density at radius 3 is 2.39 bits per heavy atom. The predicted octanol–water partition coefficient (Wildman–Crippen LogP) is 2.21. The van der Waals surface area contributed by atoms with Gasteiger partial charge in [0.05, 0.1) is 42.7 Å². The number of nitrogens with zero attached hydrogens (tertiary/aromatic N) is 2. The molecule has 0 unspecified atom stereocenters. The van der Waals surface area contributed by atoms with Crippen molar-refractivity contribution in [2.45, 2.75) is 4.90 Å². The maximum Gasteiger partial charge on any atom is 0.262 e. The van der Waals surface area contributed by atoms with Crippen molar-refractivity contribution in [1.82, 2.24) is 4.31 Å². The highest BCUT2D eigenvalue weighted by Gasteiger charge is 2.28. The molecule has 11 heteroatoms. The molecule has 0 atom stereocenters. The molecule has 2 aromatic carbocycles. The van der Waals surface area contributed by atoms with Crippen LogP contribution < -0.4 is 15.0 Å². The number of morpholine rings is 2. The number of halogens is 1. The number of sulfonamides is 1. The normalized spacial score (nSPS) is 17.5. The molecule has 0 spiro atoms. The van der Waals surface area contributed by atoms with E-state index in [0.29, 0.717) is 69.1 Å². The third-order valence-corrected chi connectivity index (χ3v) is 7.50. The number of benzene rings is 2. The second kappa shape index (κ2) is 10.7. The summed E-state index contributed by atoms with van der Waals surface area (Å²) in [6.45, 7) is 3.44. The van der Waals surface area contributed by atoms with E-state index in [0.717, 1.165) is 5.69 Å². The lowest BCUT2D eigenvalue weighted by molar-refractivity contribution is -0.118. The van der Waals surface area contributed by atoms with E-state index in [1.54, 1.807) is 36.4 Å². The van der Waals surface area contributed by atoms with Crippen LogP contribution in [0, 0.1) is 0 Å². The van der Waals surface area contributed by atoms with E-state index in [1.165, 1.54) is 10.4 Å². The molecule has 2 fully saturated rings. The molecule has 1 amide bonds. The van der Waals surface area contributed by atoms with E-state index in [4.69, 9.17) is 25.8 Å². The minimum Gasteiger partial charge on any atom is -0.484 e. The van der Waals surface area contributed by atoms with Gasteiger partial charge in [-0.05, 0) is 36.4 Å². The molecule has 4 rings (SSSR count). The molecule has 0 aliphatic carbocycles. The zero-order valence-corrected chi connectivity index (χ0v) is 19.6. The van der Waals surface area contributed by atoms with Gasteiger partial charge in [0.15, 0.2) is 6.61 Å². The van der Waals surface area contributed by atoms with Gasteiger partial charge in [0.2, 0.25) is 10.0 Å². The highest BCUT2D eigenvalue weighted by atomic mass is 35.5. The summed E-state index contributed by atoms with van der Waals surface area (Å²) in [6, 6.07) is 11.6. The number of hydrogen-bond acceptors (Lipinski definition) is 7. The molecule has 2 aliphatic heterocycles. The summed E-state index contributed by atoms with van der Waals surface area (Å²) in [5.41, 5.74) is 1.14. The highest BCUT2D eigenvalue weighted by molar-refractivity contribution is 7.89. The average Bonchev–Trinajstić information content (AvgIpc) is 2.84. The van der Waals surface area contributed by atoms with Crippen molar-refractivity contribution >= 4 is 38.9 Å². The summed E-state index contributed by atoms with van der Waals surface area (Å²) in [7, 11) is -3.71. The summed E-state index contributed by atoms with van der Waals surface area (Å²) in [5, 5.41) is 3.32. The minimum atomic E-state index is -3.71. The number of amides is 1. The molecule has 0 bridgehead atoms. The van der Waals surface area contributed by atoms with Crippen molar-refractivity contribution in [3.05, 3.63) is 47.5 Å². The molecule has 2 heterocycles. The van der Waals surface area contributed by atoms with Crippen LogP contribution >= 0.6 is 11.6 Å². The third kappa shape index (κ3) is 5.96. The Bertz CT molecular complexity index is 1090. The summed E-state index contributed by atoms with van der Waals surface area (Å²) < 4.78 is 43.9. The third-order valence-electron chi connectivity index (χ3n) is 5.37. The number of nitrogens with one attached hydrogen (secondary N) is 1. The van der Waals surface area contributed by atoms with Crippen LogP contribution in [0.3, 0.4) is 0 Å². The summed E-state index contributed by atoms with van der Waals surface area (Å²) in [5.74, 6) is 0.0557. The summed E-state index contributed by atoms with van der Waals surface area (Å²) in [4.78, 5) is 14.9. The van der Waals surface area contributed by atoms with E-state index in [-0.39, 0.29) is 11.5 Å². The Hall–Kier alpha value is -2.37. The quantitative estimate of drug-likeness (QED) is 0.629. The molecule has 9 nitrogen and oxygen atoms in total. The van der Waals surface area contributed by atoms with Gasteiger partial charge < -0.3 is 24.4 Å². The monoisotopic (exact) mass is 495 g/mol. The zero-order chi connectivity index (χ0) is 23.3. The molecule has 33 heavy (non-hydrogen) atoms. The van der Waals surface area contributed by atoms with Gasteiger partial charge in [0.1, 0.15) is 5.75 Å². The highest BCUT2D eigenvalue weighted by Crippen LogP contribution is 2.31. The number of rotatable bonds is 7. The summed E-state index contributed by atoms with van der Waals surface area (Å²) >= 11 is 5.96. The average molecular weight is 496 g/mol. The van der Waals surface area contributed by atoms with E-state index in [1.807, 2.05) is 0 Å². The maximum absolute atomic E-state index is 13.1. The lowest BCUT2D eigenvalue weighted by Crippen LogP contribution is -2.40. The van der Waals surface area contributed by atoms with Crippen molar-refractivity contribution in [1.29, 1.82) is 0 Å². The molecule has 0 aromatic heterocycles. The van der Waals surface area contributed by atoms with Crippen LogP contribution in [0.15, 0.2) is 47.4 Å². The topological polar surface area (TPSA) is 97.4 Å². The Morgan fingerprint density at radius 2 is 1.70 bits per heavy atom. The van der Waals surface area contributed by atoms with Gasteiger partial charge >= 0.3 is 0 Å². The first kappa shape index (κ1) is 23.8. The van der Waals surface area contributed by atoms with E-state index < -0.39 is 15.9 Å². The molecule has 2 aliphatic rings. The predicted molar refractivity (Wildman–Crippen MR) is 125 cm³/mol. The number of anilines is 2. The van der Waals surface area contributed by atoms with Crippen LogP contribution in [0.4, 0.5) is 11.4 Å². The van der Waals surface area contributed by atoms with Crippen molar-refractivity contribution < 1.29 is 27.4 Å². The first-order valence-electron chi connectivity index (χ1n) is 10.7. The first-order chi connectivity index (χ1) is 15.9. The van der Waals surface area contributed by atoms with Crippen molar-refractivity contribution in [3.8, 4) is 5.75 Å². The fraction of sp³-hybridized carbons (Fsp3) is 0.409. The molecule has 0 saturated carbocycles. The Balaban J connectivity index is 1.56. The Kier molecular flexibility index (Phi) is 7.71. The van der Waals surface area contributed by atoms with Crippen LogP contribution in [-0.2, 0) is 24.3 Å². The number of hydrogen-bond donors (Lipinski definition) is 1. The first-order valence-corrected chi connectivity index (χ1v) is 12.5. The largest absolute Gasteiger partial charge is 0.484 e. The van der Waals surface area contributed by atoms with Crippen LogP contribution in [0.25, 0.3) is 0 Å². The van der Waals surface area contributed by atoms with E-state index >= 15 is 0 Å². The number of carbonyl (C=O) groups is 1. The minimum absolute atomic E-state index is 0.118. The van der Waals surface area contributed by atoms with Gasteiger partial charge in [0.25, 0.3) is 5.91 Å². The van der Waals surface area contributed by atoms with E-state index in [2.05, 4.69) is 10.2 Å². The second-order valence-electron chi connectivity index (χ2n) is 7.59. The maximum atomic E-state index is 13.1. The molecule has 0 radical (unpaired) electrons. The van der Waals surface area contributed by atoms with Gasteiger partial charge in [-0.2, -0.15) is 4.31 Å². The Morgan fingerprint density at radius 1 is 1.00 bits per heavy atom. The lowest BCUT2D eigenvalue weighted by Gasteiger charge is -2.31. The summed E-state index contributed by atoms with van der Waals surface area (Å²) in [6.07, 6.45) is 0. The fourth-order valence-corrected chi connectivity index (χ4v) is 5.30. The Labute approximate surface area is 198 Å². The molecule has 178 valence electrons. The number of carbonyl (C=O) groups excluding carboxylic acids is 1.